The minimum Gasteiger partial charge on any atom is -0.379 e. The number of benzene rings is 2. The van der Waals surface area contributed by atoms with Gasteiger partial charge in [-0.3, -0.25) is 14.6 Å². The number of hydrogen-bond donors (Lipinski definition) is 0. The third kappa shape index (κ3) is 5.55. The smallest absolute Gasteiger partial charge is 0.260 e. The van der Waals surface area contributed by atoms with Gasteiger partial charge in [0.25, 0.3) is 5.91 Å². The van der Waals surface area contributed by atoms with E-state index in [2.05, 4.69) is 39.2 Å². The van der Waals surface area contributed by atoms with Crippen molar-refractivity contribution < 1.29 is 9.53 Å². The molecule has 1 aliphatic heterocycles. The first kappa shape index (κ1) is 23.5. The summed E-state index contributed by atoms with van der Waals surface area (Å²) in [5.41, 5.74) is 1.60. The van der Waals surface area contributed by atoms with E-state index in [4.69, 9.17) is 9.72 Å². The molecule has 0 atom stereocenters. The number of carbonyl (C=O) groups is 1. The van der Waals surface area contributed by atoms with Gasteiger partial charge in [-0.05, 0) is 48.7 Å². The average Bonchev–Trinajstić information content (AvgIpc) is 3.17. The van der Waals surface area contributed by atoms with Crippen LogP contribution in [0.4, 0.5) is 5.13 Å². The van der Waals surface area contributed by atoms with Crippen molar-refractivity contribution in [1.29, 1.82) is 0 Å². The molecule has 0 spiro atoms. The Morgan fingerprint density at radius 1 is 1.23 bits per heavy atom. The monoisotopic (exact) mass is 527 g/mol. The fourth-order valence-electron chi connectivity index (χ4n) is 3.23. The zero-order valence-electron chi connectivity index (χ0n) is 16.5. The van der Waals surface area contributed by atoms with Crippen molar-refractivity contribution in [2.45, 2.75) is 4.90 Å². The van der Waals surface area contributed by atoms with Crippen LogP contribution < -0.4 is 4.90 Å². The van der Waals surface area contributed by atoms with E-state index in [0.717, 1.165) is 52.7 Å². The van der Waals surface area contributed by atoms with Crippen LogP contribution in [0.2, 0.25) is 0 Å². The summed E-state index contributed by atoms with van der Waals surface area (Å²) in [6.45, 7) is 4.70. The van der Waals surface area contributed by atoms with Gasteiger partial charge in [0.05, 0.1) is 23.4 Å². The van der Waals surface area contributed by atoms with Crippen LogP contribution in [0.5, 0.6) is 0 Å². The van der Waals surface area contributed by atoms with Gasteiger partial charge in [-0.15, -0.1) is 24.2 Å². The molecule has 5 nitrogen and oxygen atoms in total. The first-order valence-electron chi connectivity index (χ1n) is 9.46. The number of hydrogen-bond acceptors (Lipinski definition) is 6. The van der Waals surface area contributed by atoms with Gasteiger partial charge in [0.1, 0.15) is 0 Å². The Balaban J connectivity index is 0.00000256. The van der Waals surface area contributed by atoms with E-state index >= 15 is 0 Å². The van der Waals surface area contributed by atoms with Crippen molar-refractivity contribution in [2.75, 3.05) is 50.5 Å². The third-order valence-corrected chi connectivity index (χ3v) is 7.19. The highest BCUT2D eigenvalue weighted by atomic mass is 79.9. The molecule has 1 saturated heterocycles. The number of halogens is 2. The van der Waals surface area contributed by atoms with Crippen LogP contribution in [0.25, 0.3) is 10.2 Å². The Bertz CT molecular complexity index is 994. The predicted molar refractivity (Wildman–Crippen MR) is 132 cm³/mol. The molecule has 1 fully saturated rings. The summed E-state index contributed by atoms with van der Waals surface area (Å²) in [5.74, 6) is -0.0186. The van der Waals surface area contributed by atoms with Crippen molar-refractivity contribution in [2.24, 2.45) is 0 Å². The predicted octanol–water partition coefficient (Wildman–Crippen LogP) is 5.18. The Hall–Kier alpha value is -1.16. The van der Waals surface area contributed by atoms with Crippen LogP contribution in [0.15, 0.2) is 51.8 Å². The SMILES string of the molecule is CSc1ccc2nc(N(CCN3CCOCC3)C(=O)c3ccc(Br)cc3)sc2c1.Cl. The summed E-state index contributed by atoms with van der Waals surface area (Å²) in [4.78, 5) is 23.5. The summed E-state index contributed by atoms with van der Waals surface area (Å²) >= 11 is 6.73. The fraction of sp³-hybridized carbons (Fsp3) is 0.333. The summed E-state index contributed by atoms with van der Waals surface area (Å²) < 4.78 is 7.50. The lowest BCUT2D eigenvalue weighted by Gasteiger charge is -2.29. The van der Waals surface area contributed by atoms with E-state index in [0.29, 0.717) is 12.1 Å². The zero-order valence-corrected chi connectivity index (χ0v) is 20.6. The Morgan fingerprint density at radius 3 is 2.67 bits per heavy atom. The fourth-order valence-corrected chi connectivity index (χ4v) is 5.04. The summed E-state index contributed by atoms with van der Waals surface area (Å²) in [6, 6.07) is 13.8. The molecule has 2 heterocycles. The van der Waals surface area contributed by atoms with Crippen LogP contribution in [0, 0.1) is 0 Å². The van der Waals surface area contributed by atoms with Gasteiger partial charge < -0.3 is 4.74 Å². The highest BCUT2D eigenvalue weighted by molar-refractivity contribution is 9.10. The Labute approximate surface area is 199 Å². The lowest BCUT2D eigenvalue weighted by Crippen LogP contribution is -2.43. The molecule has 1 aromatic heterocycles. The molecular weight excluding hydrogens is 506 g/mol. The molecule has 30 heavy (non-hydrogen) atoms. The first-order chi connectivity index (χ1) is 14.1. The molecule has 0 bridgehead atoms. The number of morpholine rings is 1. The number of thiazole rings is 1. The molecule has 1 amide bonds. The molecule has 0 radical (unpaired) electrons. The first-order valence-corrected chi connectivity index (χ1v) is 12.3. The number of carbonyl (C=O) groups excluding carboxylic acids is 1. The molecular formula is C21H23BrClN3O2S2. The van der Waals surface area contributed by atoms with Crippen LogP contribution in [-0.2, 0) is 4.74 Å². The number of aromatic nitrogens is 1. The minimum atomic E-state index is -0.0186. The van der Waals surface area contributed by atoms with Crippen molar-refractivity contribution in [3.8, 4) is 0 Å². The van der Waals surface area contributed by atoms with Crippen molar-refractivity contribution in [3.05, 3.63) is 52.5 Å². The Kier molecular flexibility index (Phi) is 8.56. The van der Waals surface area contributed by atoms with Gasteiger partial charge in [0, 0.05) is 41.1 Å². The number of ether oxygens (including phenoxy) is 1. The quantitative estimate of drug-likeness (QED) is 0.413. The zero-order chi connectivity index (χ0) is 20.2. The number of nitrogens with zero attached hydrogens (tertiary/aromatic N) is 3. The highest BCUT2D eigenvalue weighted by Crippen LogP contribution is 2.32. The van der Waals surface area contributed by atoms with Crippen molar-refractivity contribution >= 4 is 72.7 Å². The van der Waals surface area contributed by atoms with Crippen LogP contribution >= 0.6 is 51.4 Å². The lowest BCUT2D eigenvalue weighted by molar-refractivity contribution is 0.0391. The standard InChI is InChI=1S/C21H22BrN3O2S2.ClH/c1-28-17-6-7-18-19(14-17)29-21(23-18)25(9-8-24-10-12-27-13-11-24)20(26)15-2-4-16(22)5-3-15;/h2-7,14H,8-13H2,1H3;1H. The second-order valence-corrected chi connectivity index (χ2v) is 9.55. The normalized spacial score (nSPS) is 14.5. The molecule has 0 aliphatic carbocycles. The number of rotatable bonds is 6. The maximum atomic E-state index is 13.4. The third-order valence-electron chi connectivity index (χ3n) is 4.90. The highest BCUT2D eigenvalue weighted by Gasteiger charge is 2.23. The molecule has 0 N–H and O–H groups in total. The maximum Gasteiger partial charge on any atom is 0.260 e. The van der Waals surface area contributed by atoms with Crippen LogP contribution in [0.3, 0.4) is 0 Å². The van der Waals surface area contributed by atoms with E-state index in [1.807, 2.05) is 35.2 Å². The molecule has 0 saturated carbocycles. The molecule has 160 valence electrons. The number of thioether (sulfide) groups is 1. The lowest BCUT2D eigenvalue weighted by atomic mass is 10.2. The van der Waals surface area contributed by atoms with Gasteiger partial charge in [0.15, 0.2) is 5.13 Å². The van der Waals surface area contributed by atoms with E-state index < -0.39 is 0 Å². The number of anilines is 1. The van der Waals surface area contributed by atoms with Crippen molar-refractivity contribution in [1.82, 2.24) is 9.88 Å². The molecule has 1 aliphatic rings. The molecule has 3 aromatic rings. The van der Waals surface area contributed by atoms with E-state index in [1.54, 1.807) is 23.1 Å². The number of fused-ring (bicyclic) bond motifs is 1. The summed E-state index contributed by atoms with van der Waals surface area (Å²) in [6.07, 6.45) is 2.06. The second-order valence-electron chi connectivity index (χ2n) is 6.75. The topological polar surface area (TPSA) is 45.7 Å². The van der Waals surface area contributed by atoms with Gasteiger partial charge in [-0.1, -0.05) is 27.3 Å². The van der Waals surface area contributed by atoms with E-state index in [9.17, 15) is 4.79 Å². The van der Waals surface area contributed by atoms with Gasteiger partial charge >= 0.3 is 0 Å². The van der Waals surface area contributed by atoms with Crippen LogP contribution in [0.1, 0.15) is 10.4 Å². The molecule has 4 rings (SSSR count). The second kappa shape index (κ2) is 10.9. The van der Waals surface area contributed by atoms with Gasteiger partial charge in [-0.25, -0.2) is 4.98 Å². The number of amides is 1. The Morgan fingerprint density at radius 2 is 1.97 bits per heavy atom. The molecule has 9 heteroatoms. The van der Waals surface area contributed by atoms with Gasteiger partial charge in [-0.2, -0.15) is 0 Å². The minimum absolute atomic E-state index is 0. The summed E-state index contributed by atoms with van der Waals surface area (Å²) in [7, 11) is 0. The largest absolute Gasteiger partial charge is 0.379 e. The van der Waals surface area contributed by atoms with Crippen molar-refractivity contribution in [3.63, 3.8) is 0 Å². The van der Waals surface area contributed by atoms with E-state index in [1.165, 1.54) is 4.90 Å². The summed E-state index contributed by atoms with van der Waals surface area (Å²) in [5, 5.41) is 0.749. The van der Waals surface area contributed by atoms with E-state index in [-0.39, 0.29) is 18.3 Å². The van der Waals surface area contributed by atoms with Crippen LogP contribution in [-0.4, -0.2) is 61.4 Å². The maximum absolute atomic E-state index is 13.4. The van der Waals surface area contributed by atoms with Gasteiger partial charge in [0.2, 0.25) is 0 Å². The molecule has 0 unspecified atom stereocenters. The average molecular weight is 529 g/mol. The molecule has 2 aromatic carbocycles.